The molecule has 2 aromatic rings. The van der Waals surface area contributed by atoms with Crippen LogP contribution in [0.15, 0.2) is 23.0 Å². The monoisotopic (exact) mass is 351 g/mol. The van der Waals surface area contributed by atoms with Gasteiger partial charge in [0.2, 0.25) is 0 Å². The van der Waals surface area contributed by atoms with Crippen LogP contribution in [-0.4, -0.2) is 42.0 Å². The van der Waals surface area contributed by atoms with Crippen LogP contribution in [0.2, 0.25) is 0 Å². The van der Waals surface area contributed by atoms with Gasteiger partial charge in [0.15, 0.2) is 5.82 Å². The first kappa shape index (κ1) is 17.0. The molecule has 1 aromatic carbocycles. The molecule has 3 N–H and O–H groups in total. The van der Waals surface area contributed by atoms with Gasteiger partial charge in [0.05, 0.1) is 11.3 Å². The highest BCUT2D eigenvalue weighted by atomic mass is 32.2. The molecule has 1 aromatic heterocycles. The summed E-state index contributed by atoms with van der Waals surface area (Å²) in [6.45, 7) is 0. The maximum absolute atomic E-state index is 13.0. The number of H-pyrrole nitrogens is 2. The molecule has 0 saturated carbocycles. The van der Waals surface area contributed by atoms with E-state index in [0.717, 1.165) is 16.4 Å². The van der Waals surface area contributed by atoms with Gasteiger partial charge in [-0.1, -0.05) is 0 Å². The second kappa shape index (κ2) is 5.70. The number of nitrogens with zero attached hydrogens (tertiary/aromatic N) is 2. The lowest BCUT2D eigenvalue weighted by Crippen LogP contribution is -2.29. The Hall–Kier alpha value is -2.34. The smallest absolute Gasteiger partial charge is 0.289 e. The fraction of sp³-hybridized carbons (Fsp3) is 0.273. The van der Waals surface area contributed by atoms with Gasteiger partial charge in [-0.2, -0.15) is 31.0 Å². The number of aromatic amines is 2. The first-order valence-corrected chi connectivity index (χ1v) is 7.50. The Bertz CT molecular complexity index is 870. The molecule has 0 bridgehead atoms. The summed E-state index contributed by atoms with van der Waals surface area (Å²) in [7, 11) is -1.54. The molecule has 0 unspecified atom stereocenters. The van der Waals surface area contributed by atoms with E-state index in [1.165, 1.54) is 14.1 Å². The van der Waals surface area contributed by atoms with Crippen molar-refractivity contribution in [2.75, 3.05) is 18.8 Å². The molecule has 0 radical (unpaired) electrons. The van der Waals surface area contributed by atoms with E-state index in [9.17, 15) is 26.4 Å². The summed E-state index contributed by atoms with van der Waals surface area (Å²) in [5.41, 5.74) is -2.20. The first-order chi connectivity index (χ1) is 10.5. The standard InChI is InChI=1S/C11H12F3N5O3S/c1-19(2)23(21,22)18-8-4-6(9-15-10(20)17-16-9)3-7(5-8)11(12,13)14/h3-5,18H,1-2H3,(H2,15,16,17,20). The van der Waals surface area contributed by atoms with E-state index < -0.39 is 27.6 Å². The summed E-state index contributed by atoms with van der Waals surface area (Å²) >= 11 is 0. The minimum atomic E-state index is -4.70. The van der Waals surface area contributed by atoms with Gasteiger partial charge in [0, 0.05) is 19.7 Å². The Morgan fingerprint density at radius 1 is 1.22 bits per heavy atom. The van der Waals surface area contributed by atoms with Crippen LogP contribution in [0.4, 0.5) is 18.9 Å². The van der Waals surface area contributed by atoms with Gasteiger partial charge < -0.3 is 0 Å². The molecular formula is C11H12F3N5O3S. The van der Waals surface area contributed by atoms with Crippen LogP contribution in [0.25, 0.3) is 11.4 Å². The highest BCUT2D eigenvalue weighted by molar-refractivity contribution is 7.90. The van der Waals surface area contributed by atoms with Crippen molar-refractivity contribution in [3.8, 4) is 11.4 Å². The van der Waals surface area contributed by atoms with Crippen molar-refractivity contribution in [3.05, 3.63) is 34.2 Å². The highest BCUT2D eigenvalue weighted by Gasteiger charge is 2.32. The molecule has 0 fully saturated rings. The van der Waals surface area contributed by atoms with Crippen molar-refractivity contribution in [2.24, 2.45) is 0 Å². The van der Waals surface area contributed by atoms with Crippen molar-refractivity contribution in [1.29, 1.82) is 0 Å². The summed E-state index contributed by atoms with van der Waals surface area (Å²) in [6, 6.07) is 2.53. The normalized spacial score (nSPS) is 12.6. The Morgan fingerprint density at radius 2 is 1.87 bits per heavy atom. The van der Waals surface area contributed by atoms with Gasteiger partial charge in [-0.3, -0.25) is 9.71 Å². The van der Waals surface area contributed by atoms with E-state index in [4.69, 9.17) is 0 Å². The van der Waals surface area contributed by atoms with E-state index in [0.29, 0.717) is 6.07 Å². The summed E-state index contributed by atoms with van der Waals surface area (Å²) in [4.78, 5) is 13.2. The van der Waals surface area contributed by atoms with E-state index >= 15 is 0 Å². The van der Waals surface area contributed by atoms with E-state index in [1.807, 2.05) is 9.82 Å². The zero-order chi connectivity index (χ0) is 17.4. The third kappa shape index (κ3) is 3.90. The largest absolute Gasteiger partial charge is 0.416 e. The Labute approximate surface area is 128 Å². The van der Waals surface area contributed by atoms with Crippen LogP contribution < -0.4 is 10.4 Å². The second-order valence-electron chi connectivity index (χ2n) is 4.71. The number of alkyl halides is 3. The van der Waals surface area contributed by atoms with Crippen LogP contribution in [0, 0.1) is 0 Å². The van der Waals surface area contributed by atoms with Crippen LogP contribution in [0.1, 0.15) is 5.56 Å². The molecule has 23 heavy (non-hydrogen) atoms. The molecule has 0 saturated heterocycles. The summed E-state index contributed by atoms with van der Waals surface area (Å²) in [5.74, 6) is -0.147. The average molecular weight is 351 g/mol. The van der Waals surface area contributed by atoms with Gasteiger partial charge in [-0.15, -0.1) is 0 Å². The van der Waals surface area contributed by atoms with Crippen molar-refractivity contribution in [2.45, 2.75) is 6.18 Å². The van der Waals surface area contributed by atoms with Crippen molar-refractivity contribution >= 4 is 15.9 Å². The number of halogens is 3. The average Bonchev–Trinajstić information content (AvgIpc) is 2.83. The maximum Gasteiger partial charge on any atom is 0.416 e. The van der Waals surface area contributed by atoms with Crippen molar-refractivity contribution in [3.63, 3.8) is 0 Å². The molecule has 0 atom stereocenters. The van der Waals surface area contributed by atoms with Gasteiger partial charge in [0.1, 0.15) is 0 Å². The molecule has 0 aliphatic rings. The number of rotatable bonds is 4. The molecule has 1 heterocycles. The van der Waals surface area contributed by atoms with E-state index in [2.05, 4.69) is 10.1 Å². The number of nitrogens with one attached hydrogen (secondary N) is 3. The summed E-state index contributed by atoms with van der Waals surface area (Å²) in [5, 5.41) is 5.56. The van der Waals surface area contributed by atoms with Crippen LogP contribution in [0.5, 0.6) is 0 Å². The van der Waals surface area contributed by atoms with Gasteiger partial charge >= 0.3 is 22.1 Å². The van der Waals surface area contributed by atoms with Crippen molar-refractivity contribution in [1.82, 2.24) is 19.5 Å². The predicted octanol–water partition coefficient (Wildman–Crippen LogP) is 1.00. The lowest BCUT2D eigenvalue weighted by atomic mass is 10.1. The topological polar surface area (TPSA) is 111 Å². The van der Waals surface area contributed by atoms with Crippen molar-refractivity contribution < 1.29 is 21.6 Å². The minimum Gasteiger partial charge on any atom is -0.289 e. The van der Waals surface area contributed by atoms with Gasteiger partial charge in [-0.05, 0) is 18.2 Å². The first-order valence-electron chi connectivity index (χ1n) is 6.06. The number of hydrogen-bond acceptors (Lipinski definition) is 4. The molecule has 12 heteroatoms. The number of anilines is 1. The molecule has 2 rings (SSSR count). The molecule has 8 nitrogen and oxygen atoms in total. The Balaban J connectivity index is 2.57. The Morgan fingerprint density at radius 3 is 2.35 bits per heavy atom. The number of aromatic nitrogens is 3. The zero-order valence-corrected chi connectivity index (χ0v) is 12.7. The van der Waals surface area contributed by atoms with Crippen LogP contribution in [-0.2, 0) is 16.4 Å². The second-order valence-corrected chi connectivity index (χ2v) is 6.60. The van der Waals surface area contributed by atoms with Gasteiger partial charge in [-0.25, -0.2) is 9.89 Å². The van der Waals surface area contributed by atoms with Crippen LogP contribution >= 0.6 is 0 Å². The summed E-state index contributed by atoms with van der Waals surface area (Å²) in [6.07, 6.45) is -4.70. The van der Waals surface area contributed by atoms with E-state index in [1.54, 1.807) is 0 Å². The zero-order valence-electron chi connectivity index (χ0n) is 11.9. The molecule has 126 valence electrons. The molecular weight excluding hydrogens is 339 g/mol. The Kier molecular flexibility index (Phi) is 4.22. The highest BCUT2D eigenvalue weighted by Crippen LogP contribution is 2.34. The number of hydrogen-bond donors (Lipinski definition) is 3. The fourth-order valence-corrected chi connectivity index (χ4v) is 2.23. The lowest BCUT2D eigenvalue weighted by molar-refractivity contribution is -0.137. The summed E-state index contributed by atoms with van der Waals surface area (Å²) < 4.78 is 65.3. The molecule has 0 aliphatic heterocycles. The number of benzene rings is 1. The van der Waals surface area contributed by atoms with Crippen LogP contribution in [0.3, 0.4) is 0 Å². The quantitative estimate of drug-likeness (QED) is 0.763. The minimum absolute atomic E-state index is 0.102. The molecule has 0 aliphatic carbocycles. The third-order valence-corrected chi connectivity index (χ3v) is 4.22. The maximum atomic E-state index is 13.0. The van der Waals surface area contributed by atoms with E-state index in [-0.39, 0.29) is 17.1 Å². The molecule has 0 spiro atoms. The molecule has 0 amide bonds. The SMILES string of the molecule is CN(C)S(=O)(=O)Nc1cc(-c2n[nH]c(=O)[nH]2)cc(C(F)(F)F)c1. The third-order valence-electron chi connectivity index (χ3n) is 2.76. The fourth-order valence-electron chi connectivity index (χ4n) is 1.63. The lowest BCUT2D eigenvalue weighted by Gasteiger charge is -2.16. The van der Waals surface area contributed by atoms with Gasteiger partial charge in [0.25, 0.3) is 0 Å². The predicted molar refractivity (Wildman–Crippen MR) is 75.9 cm³/mol.